The number of benzene rings is 2. The molecule has 2 aliphatic rings. The first kappa shape index (κ1) is 14.6. The molecule has 0 aromatic heterocycles. The van der Waals surface area contributed by atoms with Crippen LogP contribution >= 0.6 is 17.0 Å². The number of hydrogen-bond acceptors (Lipinski definition) is 2. The standard InChI is InChI=1S/C18H19NO.BrH/c1-19-11-13-4-2-3-5-15(13)18-16-10-14(20)8-6-12(16)7-9-17(18)19;/h2-6,8,10,17-18,20H,7,9,11H2,1H3;1H. The van der Waals surface area contributed by atoms with Crippen molar-refractivity contribution < 1.29 is 5.11 Å². The second-order valence-corrected chi connectivity index (χ2v) is 6.08. The van der Waals surface area contributed by atoms with E-state index in [1.807, 2.05) is 12.1 Å². The molecule has 2 aromatic rings. The fourth-order valence-corrected chi connectivity index (χ4v) is 3.99. The van der Waals surface area contributed by atoms with Crippen molar-refractivity contribution in [2.24, 2.45) is 0 Å². The van der Waals surface area contributed by atoms with Crippen molar-refractivity contribution in [2.75, 3.05) is 7.05 Å². The van der Waals surface area contributed by atoms with Crippen LogP contribution in [0.5, 0.6) is 5.75 Å². The van der Waals surface area contributed by atoms with Crippen LogP contribution < -0.4 is 0 Å². The smallest absolute Gasteiger partial charge is 0.115 e. The van der Waals surface area contributed by atoms with Gasteiger partial charge in [-0.15, -0.1) is 17.0 Å². The average molecular weight is 346 g/mol. The summed E-state index contributed by atoms with van der Waals surface area (Å²) in [6.07, 6.45) is 2.32. The fraction of sp³-hybridized carbons (Fsp3) is 0.333. The summed E-state index contributed by atoms with van der Waals surface area (Å²) in [5.41, 5.74) is 5.59. The third-order valence-corrected chi connectivity index (χ3v) is 4.93. The monoisotopic (exact) mass is 345 g/mol. The number of phenols is 1. The minimum absolute atomic E-state index is 0. The van der Waals surface area contributed by atoms with Crippen LogP contribution in [-0.2, 0) is 13.0 Å². The molecule has 0 fully saturated rings. The van der Waals surface area contributed by atoms with Gasteiger partial charge in [0, 0.05) is 18.5 Å². The molecule has 2 atom stereocenters. The van der Waals surface area contributed by atoms with Gasteiger partial charge in [0.1, 0.15) is 5.75 Å². The Morgan fingerprint density at radius 3 is 2.71 bits per heavy atom. The van der Waals surface area contributed by atoms with Crippen LogP contribution in [0.1, 0.15) is 34.6 Å². The zero-order valence-electron chi connectivity index (χ0n) is 12.1. The highest BCUT2D eigenvalue weighted by molar-refractivity contribution is 8.93. The van der Waals surface area contributed by atoms with Crippen LogP contribution in [0.15, 0.2) is 42.5 Å². The molecular formula is C18H20BrNO. The van der Waals surface area contributed by atoms with Gasteiger partial charge in [0.05, 0.1) is 0 Å². The predicted molar refractivity (Wildman–Crippen MR) is 90.3 cm³/mol. The van der Waals surface area contributed by atoms with Gasteiger partial charge in [0.15, 0.2) is 0 Å². The van der Waals surface area contributed by atoms with Gasteiger partial charge in [-0.25, -0.2) is 0 Å². The third kappa shape index (κ3) is 2.29. The lowest BCUT2D eigenvalue weighted by Gasteiger charge is -2.44. The van der Waals surface area contributed by atoms with Crippen molar-refractivity contribution in [1.82, 2.24) is 4.90 Å². The van der Waals surface area contributed by atoms with Gasteiger partial charge in [-0.1, -0.05) is 30.3 Å². The van der Waals surface area contributed by atoms with Crippen molar-refractivity contribution in [3.63, 3.8) is 0 Å². The summed E-state index contributed by atoms with van der Waals surface area (Å²) < 4.78 is 0. The number of aromatic hydroxyl groups is 1. The van der Waals surface area contributed by atoms with Gasteiger partial charge < -0.3 is 5.11 Å². The van der Waals surface area contributed by atoms with Crippen LogP contribution in [0.25, 0.3) is 0 Å². The summed E-state index contributed by atoms with van der Waals surface area (Å²) >= 11 is 0. The minimum Gasteiger partial charge on any atom is -0.508 e. The molecule has 1 N–H and O–H groups in total. The largest absolute Gasteiger partial charge is 0.508 e. The topological polar surface area (TPSA) is 23.5 Å². The molecule has 2 unspecified atom stereocenters. The van der Waals surface area contributed by atoms with E-state index in [1.165, 1.54) is 28.7 Å². The van der Waals surface area contributed by atoms with Gasteiger partial charge in [0.25, 0.3) is 0 Å². The summed E-state index contributed by atoms with van der Waals surface area (Å²) in [7, 11) is 2.22. The summed E-state index contributed by atoms with van der Waals surface area (Å²) in [6, 6.07) is 15.2. The Bertz CT molecular complexity index is 670. The van der Waals surface area contributed by atoms with E-state index in [4.69, 9.17) is 0 Å². The van der Waals surface area contributed by atoms with E-state index in [2.05, 4.69) is 42.3 Å². The maximum Gasteiger partial charge on any atom is 0.115 e. The number of fused-ring (bicyclic) bond motifs is 5. The molecule has 0 bridgehead atoms. The first-order chi connectivity index (χ1) is 9.74. The summed E-state index contributed by atoms with van der Waals surface area (Å²) in [6.45, 7) is 1.03. The predicted octanol–water partition coefficient (Wildman–Crippen LogP) is 3.86. The highest BCUT2D eigenvalue weighted by atomic mass is 79.9. The van der Waals surface area contributed by atoms with E-state index < -0.39 is 0 Å². The van der Waals surface area contributed by atoms with Gasteiger partial charge in [-0.2, -0.15) is 0 Å². The molecule has 0 radical (unpaired) electrons. The number of rotatable bonds is 0. The molecule has 1 aliphatic heterocycles. The molecule has 0 spiro atoms. The quantitative estimate of drug-likeness (QED) is 0.783. The highest BCUT2D eigenvalue weighted by Gasteiger charge is 2.37. The lowest BCUT2D eigenvalue weighted by atomic mass is 9.72. The third-order valence-electron chi connectivity index (χ3n) is 4.93. The minimum atomic E-state index is 0. The SMILES string of the molecule is Br.CN1Cc2ccccc2C2c3cc(O)ccc3CCC21. The van der Waals surface area contributed by atoms with Gasteiger partial charge in [-0.3, -0.25) is 4.90 Å². The van der Waals surface area contributed by atoms with E-state index in [9.17, 15) is 5.11 Å². The number of hydrogen-bond donors (Lipinski definition) is 1. The maximum absolute atomic E-state index is 9.88. The Labute approximate surface area is 136 Å². The number of phenolic OH excluding ortho intramolecular Hbond substituents is 1. The molecule has 1 heterocycles. The summed E-state index contributed by atoms with van der Waals surface area (Å²) in [4.78, 5) is 2.47. The molecule has 0 saturated carbocycles. The first-order valence-electron chi connectivity index (χ1n) is 7.34. The number of likely N-dealkylation sites (N-methyl/N-ethyl adjacent to an activating group) is 1. The molecule has 1 aliphatic carbocycles. The summed E-state index contributed by atoms with van der Waals surface area (Å²) in [5.74, 6) is 0.788. The van der Waals surface area contributed by atoms with Crippen LogP contribution in [0.3, 0.4) is 0 Å². The van der Waals surface area contributed by atoms with Crippen LogP contribution in [0, 0.1) is 0 Å². The van der Waals surface area contributed by atoms with Crippen molar-refractivity contribution >= 4 is 17.0 Å². The van der Waals surface area contributed by atoms with E-state index in [0.29, 0.717) is 17.7 Å². The van der Waals surface area contributed by atoms with E-state index in [-0.39, 0.29) is 17.0 Å². The average Bonchev–Trinajstić information content (AvgIpc) is 2.46. The number of aryl methyl sites for hydroxylation is 1. The molecule has 4 rings (SSSR count). The van der Waals surface area contributed by atoms with Crippen LogP contribution in [-0.4, -0.2) is 23.1 Å². The lowest BCUT2D eigenvalue weighted by Crippen LogP contribution is -2.43. The Balaban J connectivity index is 0.00000132. The van der Waals surface area contributed by atoms with Crippen LogP contribution in [0.2, 0.25) is 0 Å². The van der Waals surface area contributed by atoms with E-state index >= 15 is 0 Å². The highest BCUT2D eigenvalue weighted by Crippen LogP contribution is 2.44. The van der Waals surface area contributed by atoms with Crippen molar-refractivity contribution in [1.29, 1.82) is 0 Å². The Kier molecular flexibility index (Phi) is 3.80. The van der Waals surface area contributed by atoms with Gasteiger partial charge in [-0.05, 0) is 54.3 Å². The number of halogens is 1. The Morgan fingerprint density at radius 2 is 1.86 bits per heavy atom. The van der Waals surface area contributed by atoms with Crippen molar-refractivity contribution in [3.8, 4) is 5.75 Å². The van der Waals surface area contributed by atoms with Gasteiger partial charge in [0.2, 0.25) is 0 Å². The van der Waals surface area contributed by atoms with Crippen molar-refractivity contribution in [3.05, 3.63) is 64.7 Å². The molecule has 2 aromatic carbocycles. The fourth-order valence-electron chi connectivity index (χ4n) is 3.99. The normalized spacial score (nSPS) is 23.5. The zero-order chi connectivity index (χ0) is 13.7. The second kappa shape index (κ2) is 5.47. The van der Waals surface area contributed by atoms with Gasteiger partial charge >= 0.3 is 0 Å². The molecule has 110 valence electrons. The lowest BCUT2D eigenvalue weighted by molar-refractivity contribution is 0.178. The second-order valence-electron chi connectivity index (χ2n) is 6.08. The Hall–Kier alpha value is -1.32. The van der Waals surface area contributed by atoms with Crippen LogP contribution in [0.4, 0.5) is 0 Å². The van der Waals surface area contributed by atoms with E-state index in [0.717, 1.165) is 13.0 Å². The molecule has 0 saturated heterocycles. The molecule has 21 heavy (non-hydrogen) atoms. The van der Waals surface area contributed by atoms with E-state index in [1.54, 1.807) is 0 Å². The number of nitrogens with zero attached hydrogens (tertiary/aromatic N) is 1. The molecule has 3 heteroatoms. The maximum atomic E-state index is 9.88. The molecule has 2 nitrogen and oxygen atoms in total. The first-order valence-corrected chi connectivity index (χ1v) is 7.34. The molecular weight excluding hydrogens is 326 g/mol. The Morgan fingerprint density at radius 1 is 1.05 bits per heavy atom. The molecule has 0 amide bonds. The summed E-state index contributed by atoms with van der Waals surface area (Å²) in [5, 5.41) is 9.88. The zero-order valence-corrected chi connectivity index (χ0v) is 13.8. The van der Waals surface area contributed by atoms with Crippen molar-refractivity contribution in [2.45, 2.75) is 31.3 Å².